The molecule has 1 N–H and O–H groups in total. The van der Waals surface area contributed by atoms with Crippen molar-refractivity contribution in [3.05, 3.63) is 35.1 Å². The Labute approximate surface area is 123 Å². The fourth-order valence-electron chi connectivity index (χ4n) is 2.19. The van der Waals surface area contributed by atoms with Crippen LogP contribution in [0.5, 0.6) is 0 Å². The Morgan fingerprint density at radius 3 is 2.38 bits per heavy atom. The molecule has 2 unspecified atom stereocenters. The Morgan fingerprint density at radius 2 is 1.86 bits per heavy atom. The van der Waals surface area contributed by atoms with Crippen molar-refractivity contribution in [2.24, 2.45) is 5.92 Å². The Kier molecular flexibility index (Phi) is 6.65. The van der Waals surface area contributed by atoms with Gasteiger partial charge in [-0.15, -0.1) is 0 Å². The smallest absolute Gasteiger partial charge is 0.310 e. The maximum absolute atomic E-state index is 14.0. The summed E-state index contributed by atoms with van der Waals surface area (Å²) in [6, 6.07) is 2.25. The number of halogens is 4. The van der Waals surface area contributed by atoms with E-state index in [4.69, 9.17) is 0 Å². The van der Waals surface area contributed by atoms with Crippen molar-refractivity contribution in [2.75, 3.05) is 6.54 Å². The number of rotatable bonds is 7. The van der Waals surface area contributed by atoms with Crippen molar-refractivity contribution in [2.45, 2.75) is 52.3 Å². The summed E-state index contributed by atoms with van der Waals surface area (Å²) in [4.78, 5) is 0. The molecule has 1 nitrogen and oxygen atoms in total. The SMILES string of the molecule is CCCNC(CC(C)CC)c1cc(C(F)(F)F)ccc1F. The zero-order valence-electron chi connectivity index (χ0n) is 12.7. The Hall–Kier alpha value is -1.10. The molecule has 0 heterocycles. The number of alkyl halides is 3. The van der Waals surface area contributed by atoms with Crippen molar-refractivity contribution < 1.29 is 17.6 Å². The highest BCUT2D eigenvalue weighted by atomic mass is 19.4. The summed E-state index contributed by atoms with van der Waals surface area (Å²) < 4.78 is 52.4. The molecule has 1 rings (SSSR count). The average molecular weight is 305 g/mol. The van der Waals surface area contributed by atoms with E-state index < -0.39 is 17.6 Å². The number of hydrogen-bond donors (Lipinski definition) is 1. The molecular weight excluding hydrogens is 282 g/mol. The number of benzene rings is 1. The second-order valence-electron chi connectivity index (χ2n) is 5.49. The molecule has 0 aliphatic heterocycles. The highest BCUT2D eigenvalue weighted by Gasteiger charge is 2.32. The van der Waals surface area contributed by atoms with Crippen LogP contribution < -0.4 is 5.32 Å². The molecule has 2 atom stereocenters. The summed E-state index contributed by atoms with van der Waals surface area (Å²) in [5.41, 5.74) is -0.690. The predicted molar refractivity (Wildman–Crippen MR) is 76.5 cm³/mol. The fourth-order valence-corrected chi connectivity index (χ4v) is 2.19. The fraction of sp³-hybridized carbons (Fsp3) is 0.625. The second kappa shape index (κ2) is 7.78. The first kappa shape index (κ1) is 18.0. The maximum Gasteiger partial charge on any atom is 0.416 e. The first-order chi connectivity index (χ1) is 9.79. The molecule has 0 aliphatic carbocycles. The van der Waals surface area contributed by atoms with Gasteiger partial charge in [-0.05, 0) is 43.5 Å². The van der Waals surface area contributed by atoms with Crippen molar-refractivity contribution in [3.8, 4) is 0 Å². The van der Waals surface area contributed by atoms with Gasteiger partial charge in [0.2, 0.25) is 0 Å². The normalized spacial score (nSPS) is 15.0. The lowest BCUT2D eigenvalue weighted by atomic mass is 9.92. The molecule has 21 heavy (non-hydrogen) atoms. The summed E-state index contributed by atoms with van der Waals surface area (Å²) in [6.45, 7) is 6.66. The highest BCUT2D eigenvalue weighted by Crippen LogP contribution is 2.33. The molecule has 0 aromatic heterocycles. The van der Waals surface area contributed by atoms with Gasteiger partial charge in [0.25, 0.3) is 0 Å². The van der Waals surface area contributed by atoms with E-state index in [-0.39, 0.29) is 11.6 Å². The van der Waals surface area contributed by atoms with Gasteiger partial charge in [-0.3, -0.25) is 0 Å². The molecule has 0 amide bonds. The van der Waals surface area contributed by atoms with Crippen LogP contribution in [-0.2, 0) is 6.18 Å². The zero-order chi connectivity index (χ0) is 16.0. The molecule has 120 valence electrons. The van der Waals surface area contributed by atoms with Gasteiger partial charge in [0.05, 0.1) is 5.56 Å². The first-order valence-corrected chi connectivity index (χ1v) is 7.39. The molecule has 1 aromatic rings. The van der Waals surface area contributed by atoms with Crippen LogP contribution in [0.25, 0.3) is 0 Å². The quantitative estimate of drug-likeness (QED) is 0.672. The third-order valence-corrected chi connectivity index (χ3v) is 3.67. The summed E-state index contributed by atoms with van der Waals surface area (Å²) >= 11 is 0. The van der Waals surface area contributed by atoms with Crippen LogP contribution in [0.2, 0.25) is 0 Å². The third kappa shape index (κ3) is 5.30. The maximum atomic E-state index is 14.0. The summed E-state index contributed by atoms with van der Waals surface area (Å²) in [5, 5.41) is 3.16. The minimum Gasteiger partial charge on any atom is -0.310 e. The standard InChI is InChI=1S/C16H23F4N/c1-4-8-21-15(9-11(3)5-2)13-10-12(16(18,19)20)6-7-14(13)17/h6-7,10-11,15,21H,4-5,8-9H2,1-3H3. The molecule has 1 aromatic carbocycles. The lowest BCUT2D eigenvalue weighted by molar-refractivity contribution is -0.137. The van der Waals surface area contributed by atoms with Crippen molar-refractivity contribution in [3.63, 3.8) is 0 Å². The van der Waals surface area contributed by atoms with Gasteiger partial charge in [-0.1, -0.05) is 27.2 Å². The first-order valence-electron chi connectivity index (χ1n) is 7.39. The Morgan fingerprint density at radius 1 is 1.19 bits per heavy atom. The molecular formula is C16H23F4N. The topological polar surface area (TPSA) is 12.0 Å². The lowest BCUT2D eigenvalue weighted by Gasteiger charge is -2.23. The van der Waals surface area contributed by atoms with Gasteiger partial charge in [-0.2, -0.15) is 13.2 Å². The Balaban J connectivity index is 3.09. The molecule has 0 saturated heterocycles. The van der Waals surface area contributed by atoms with Crippen molar-refractivity contribution in [1.82, 2.24) is 5.32 Å². The van der Waals surface area contributed by atoms with E-state index >= 15 is 0 Å². The van der Waals surface area contributed by atoms with Crippen LogP contribution in [0.3, 0.4) is 0 Å². The summed E-state index contributed by atoms with van der Waals surface area (Å²) in [5.74, 6) is -0.270. The van der Waals surface area contributed by atoms with E-state index in [1.54, 1.807) is 0 Å². The van der Waals surface area contributed by atoms with Crippen LogP contribution in [0.15, 0.2) is 18.2 Å². The van der Waals surface area contributed by atoms with E-state index in [1.807, 2.05) is 20.8 Å². The van der Waals surface area contributed by atoms with Gasteiger partial charge < -0.3 is 5.32 Å². The van der Waals surface area contributed by atoms with E-state index in [1.165, 1.54) is 0 Å². The average Bonchev–Trinajstić information content (AvgIpc) is 2.42. The molecule has 5 heteroatoms. The second-order valence-corrected chi connectivity index (χ2v) is 5.49. The molecule has 0 spiro atoms. The van der Waals surface area contributed by atoms with Crippen molar-refractivity contribution >= 4 is 0 Å². The van der Waals surface area contributed by atoms with E-state index in [9.17, 15) is 17.6 Å². The monoisotopic (exact) mass is 305 g/mol. The summed E-state index contributed by atoms with van der Waals surface area (Å²) in [7, 11) is 0. The summed E-state index contributed by atoms with van der Waals surface area (Å²) in [6.07, 6.45) is -2.08. The minimum absolute atomic E-state index is 0.110. The molecule has 0 radical (unpaired) electrons. The van der Waals surface area contributed by atoms with Crippen molar-refractivity contribution in [1.29, 1.82) is 0 Å². The zero-order valence-corrected chi connectivity index (χ0v) is 12.7. The largest absolute Gasteiger partial charge is 0.416 e. The molecule has 0 saturated carbocycles. The molecule has 0 fully saturated rings. The molecule has 0 aliphatic rings. The van der Waals surface area contributed by atoms with E-state index in [0.717, 1.165) is 31.0 Å². The van der Waals surface area contributed by atoms with Gasteiger partial charge in [0, 0.05) is 11.6 Å². The Bertz CT molecular complexity index is 442. The van der Waals surface area contributed by atoms with Gasteiger partial charge in [0.1, 0.15) is 5.82 Å². The van der Waals surface area contributed by atoms with Crippen LogP contribution in [-0.4, -0.2) is 6.54 Å². The van der Waals surface area contributed by atoms with E-state index in [0.29, 0.717) is 18.9 Å². The van der Waals surface area contributed by atoms with Gasteiger partial charge >= 0.3 is 6.18 Å². The number of nitrogens with one attached hydrogen (secondary N) is 1. The molecule has 0 bridgehead atoms. The highest BCUT2D eigenvalue weighted by molar-refractivity contribution is 5.29. The van der Waals surface area contributed by atoms with E-state index in [2.05, 4.69) is 5.32 Å². The van der Waals surface area contributed by atoms with Crippen LogP contribution >= 0.6 is 0 Å². The van der Waals surface area contributed by atoms with Crippen LogP contribution in [0, 0.1) is 11.7 Å². The third-order valence-electron chi connectivity index (χ3n) is 3.67. The van der Waals surface area contributed by atoms with Gasteiger partial charge in [0.15, 0.2) is 0 Å². The number of hydrogen-bond acceptors (Lipinski definition) is 1. The minimum atomic E-state index is -4.45. The predicted octanol–water partition coefficient (Wildman–Crippen LogP) is 5.32. The van der Waals surface area contributed by atoms with Gasteiger partial charge in [-0.25, -0.2) is 4.39 Å². The van der Waals surface area contributed by atoms with Crippen LogP contribution in [0.1, 0.15) is 57.2 Å². The van der Waals surface area contributed by atoms with Crippen LogP contribution in [0.4, 0.5) is 17.6 Å². The lowest BCUT2D eigenvalue weighted by Crippen LogP contribution is -2.25.